The first-order chi connectivity index (χ1) is 13.4. The smallest absolute Gasteiger partial charge is 0.272 e. The molecule has 2 heterocycles. The zero-order chi connectivity index (χ0) is 20.1. The number of amides is 1. The molecule has 9 heteroatoms. The van der Waals surface area contributed by atoms with Crippen LogP contribution in [0.4, 0.5) is 0 Å². The highest BCUT2D eigenvalue weighted by molar-refractivity contribution is 7.89. The van der Waals surface area contributed by atoms with Crippen molar-refractivity contribution in [3.8, 4) is 0 Å². The molecule has 152 valence electrons. The number of hydrogen-bond acceptors (Lipinski definition) is 5. The standard InChI is InChI=1S/C19H26N4O4S/c1-14(2)11-16-12-18(22-21-16)19(24)20-13-15-3-5-17(6-4-15)28(25,26)23-7-9-27-10-8-23/h3-6,12,14H,7-11,13H2,1-2H3,(H,20,24)(H,21,22). The van der Waals surface area contributed by atoms with Crippen molar-refractivity contribution < 1.29 is 17.9 Å². The fourth-order valence-electron chi connectivity index (χ4n) is 3.01. The number of morpholine rings is 1. The summed E-state index contributed by atoms with van der Waals surface area (Å²) in [6, 6.07) is 8.32. The monoisotopic (exact) mass is 406 g/mol. The number of hydrogen-bond donors (Lipinski definition) is 2. The Morgan fingerprint density at radius 3 is 2.57 bits per heavy atom. The molecule has 2 aromatic rings. The van der Waals surface area contributed by atoms with Gasteiger partial charge in [0.15, 0.2) is 0 Å². The lowest BCUT2D eigenvalue weighted by Crippen LogP contribution is -2.40. The van der Waals surface area contributed by atoms with Crippen LogP contribution in [0.3, 0.4) is 0 Å². The lowest BCUT2D eigenvalue weighted by molar-refractivity contribution is 0.0730. The summed E-state index contributed by atoms with van der Waals surface area (Å²) in [4.78, 5) is 12.5. The summed E-state index contributed by atoms with van der Waals surface area (Å²) in [5, 5.41) is 9.73. The SMILES string of the molecule is CC(C)Cc1cc(C(=O)NCc2ccc(S(=O)(=O)N3CCOCC3)cc2)n[nH]1. The molecule has 1 aromatic heterocycles. The van der Waals surface area contributed by atoms with E-state index in [1.807, 2.05) is 0 Å². The molecule has 0 radical (unpaired) electrons. The zero-order valence-electron chi connectivity index (χ0n) is 16.1. The van der Waals surface area contributed by atoms with Crippen molar-refractivity contribution in [2.24, 2.45) is 5.92 Å². The normalized spacial score (nSPS) is 15.7. The molecule has 2 N–H and O–H groups in total. The topological polar surface area (TPSA) is 104 Å². The summed E-state index contributed by atoms with van der Waals surface area (Å²) in [6.07, 6.45) is 0.833. The molecule has 3 rings (SSSR count). The van der Waals surface area contributed by atoms with Crippen LogP contribution in [-0.2, 0) is 27.7 Å². The van der Waals surface area contributed by atoms with Crippen molar-refractivity contribution in [3.63, 3.8) is 0 Å². The molecule has 0 unspecified atom stereocenters. The Kier molecular flexibility index (Phi) is 6.48. The predicted octanol–water partition coefficient (Wildman–Crippen LogP) is 1.56. The molecule has 8 nitrogen and oxygen atoms in total. The maximum absolute atomic E-state index is 12.6. The minimum atomic E-state index is -3.51. The molecule has 1 saturated heterocycles. The van der Waals surface area contributed by atoms with Crippen LogP contribution >= 0.6 is 0 Å². The summed E-state index contributed by atoms with van der Waals surface area (Å²) < 4.78 is 31.9. The number of benzene rings is 1. The van der Waals surface area contributed by atoms with E-state index in [4.69, 9.17) is 4.74 Å². The second-order valence-corrected chi connectivity index (χ2v) is 9.16. The molecule has 1 fully saturated rings. The van der Waals surface area contributed by atoms with Crippen LogP contribution in [0.1, 0.15) is 35.6 Å². The lowest BCUT2D eigenvalue weighted by atomic mass is 10.1. The Morgan fingerprint density at radius 2 is 1.93 bits per heavy atom. The van der Waals surface area contributed by atoms with E-state index in [-0.39, 0.29) is 10.8 Å². The number of aromatic amines is 1. The van der Waals surface area contributed by atoms with Gasteiger partial charge in [0.05, 0.1) is 18.1 Å². The highest BCUT2D eigenvalue weighted by atomic mass is 32.2. The van der Waals surface area contributed by atoms with Crippen molar-refractivity contribution in [2.75, 3.05) is 26.3 Å². The number of ether oxygens (including phenoxy) is 1. The van der Waals surface area contributed by atoms with Crippen LogP contribution in [-0.4, -0.2) is 55.1 Å². The lowest BCUT2D eigenvalue weighted by Gasteiger charge is -2.26. The van der Waals surface area contributed by atoms with Gasteiger partial charge in [0.2, 0.25) is 10.0 Å². The third-order valence-electron chi connectivity index (χ3n) is 4.48. The Hall–Kier alpha value is -2.23. The van der Waals surface area contributed by atoms with Gasteiger partial charge in [0.1, 0.15) is 5.69 Å². The van der Waals surface area contributed by atoms with Crippen LogP contribution in [0.25, 0.3) is 0 Å². The van der Waals surface area contributed by atoms with E-state index < -0.39 is 10.0 Å². The van der Waals surface area contributed by atoms with Crippen LogP contribution in [0, 0.1) is 5.92 Å². The number of rotatable bonds is 7. The van der Waals surface area contributed by atoms with Gasteiger partial charge in [-0.2, -0.15) is 9.40 Å². The van der Waals surface area contributed by atoms with Crippen molar-refractivity contribution in [2.45, 2.75) is 31.7 Å². The largest absolute Gasteiger partial charge is 0.379 e. The number of sulfonamides is 1. The van der Waals surface area contributed by atoms with Gasteiger partial charge in [0.25, 0.3) is 5.91 Å². The summed E-state index contributed by atoms with van der Waals surface area (Å²) >= 11 is 0. The van der Waals surface area contributed by atoms with Crippen LogP contribution in [0.2, 0.25) is 0 Å². The fourth-order valence-corrected chi connectivity index (χ4v) is 4.42. The Bertz CT molecular complexity index is 900. The number of H-pyrrole nitrogens is 1. The van der Waals surface area contributed by atoms with Gasteiger partial charge in [-0.1, -0.05) is 26.0 Å². The number of nitrogens with zero attached hydrogens (tertiary/aromatic N) is 2. The molecule has 0 atom stereocenters. The molecule has 1 aliphatic heterocycles. The quantitative estimate of drug-likeness (QED) is 0.726. The highest BCUT2D eigenvalue weighted by Crippen LogP contribution is 2.17. The van der Waals surface area contributed by atoms with Crippen LogP contribution in [0.5, 0.6) is 0 Å². The van der Waals surface area contributed by atoms with Gasteiger partial charge in [0, 0.05) is 25.3 Å². The van der Waals surface area contributed by atoms with E-state index in [2.05, 4.69) is 29.4 Å². The van der Waals surface area contributed by atoms with E-state index in [0.717, 1.165) is 17.7 Å². The van der Waals surface area contributed by atoms with Crippen molar-refractivity contribution in [3.05, 3.63) is 47.3 Å². The van der Waals surface area contributed by atoms with Gasteiger partial charge in [-0.3, -0.25) is 9.89 Å². The molecular formula is C19H26N4O4S. The number of aromatic nitrogens is 2. The fraction of sp³-hybridized carbons (Fsp3) is 0.474. The van der Waals surface area contributed by atoms with Crippen molar-refractivity contribution >= 4 is 15.9 Å². The van der Waals surface area contributed by atoms with E-state index in [1.165, 1.54) is 4.31 Å². The molecule has 1 aliphatic rings. The average Bonchev–Trinajstić information content (AvgIpc) is 3.15. The predicted molar refractivity (Wildman–Crippen MR) is 104 cm³/mol. The third kappa shape index (κ3) is 4.98. The van der Waals surface area contributed by atoms with Crippen molar-refractivity contribution in [1.82, 2.24) is 19.8 Å². The van der Waals surface area contributed by atoms with E-state index >= 15 is 0 Å². The highest BCUT2D eigenvalue weighted by Gasteiger charge is 2.26. The first-order valence-electron chi connectivity index (χ1n) is 9.35. The third-order valence-corrected chi connectivity index (χ3v) is 6.39. The maximum Gasteiger partial charge on any atom is 0.272 e. The van der Waals surface area contributed by atoms with E-state index in [9.17, 15) is 13.2 Å². The van der Waals surface area contributed by atoms with Crippen LogP contribution < -0.4 is 5.32 Å². The van der Waals surface area contributed by atoms with Crippen molar-refractivity contribution in [1.29, 1.82) is 0 Å². The summed E-state index contributed by atoms with van der Waals surface area (Å²) in [5.41, 5.74) is 2.09. The zero-order valence-corrected chi connectivity index (χ0v) is 17.0. The van der Waals surface area contributed by atoms with Gasteiger partial charge in [-0.15, -0.1) is 0 Å². The molecule has 0 spiro atoms. The van der Waals surface area contributed by atoms with Gasteiger partial charge in [-0.05, 0) is 36.1 Å². The number of carbonyl (C=O) groups excluding carboxylic acids is 1. The average molecular weight is 407 g/mol. The van der Waals surface area contributed by atoms with Crippen LogP contribution in [0.15, 0.2) is 35.2 Å². The first-order valence-corrected chi connectivity index (χ1v) is 10.8. The Morgan fingerprint density at radius 1 is 1.25 bits per heavy atom. The molecule has 0 bridgehead atoms. The number of carbonyl (C=O) groups is 1. The molecule has 28 heavy (non-hydrogen) atoms. The minimum absolute atomic E-state index is 0.245. The summed E-state index contributed by atoms with van der Waals surface area (Å²) in [5.74, 6) is 0.208. The Labute approximate surface area is 165 Å². The molecule has 1 amide bonds. The minimum Gasteiger partial charge on any atom is -0.379 e. The summed E-state index contributed by atoms with van der Waals surface area (Å²) in [6.45, 7) is 6.05. The van der Waals surface area contributed by atoms with E-state index in [0.29, 0.717) is 44.5 Å². The van der Waals surface area contributed by atoms with E-state index in [1.54, 1.807) is 30.3 Å². The molecule has 0 aliphatic carbocycles. The molecule has 1 aromatic carbocycles. The second kappa shape index (κ2) is 8.85. The molecule has 0 saturated carbocycles. The van der Waals surface area contributed by atoms with Gasteiger partial charge >= 0.3 is 0 Å². The summed E-state index contributed by atoms with van der Waals surface area (Å²) in [7, 11) is -3.51. The number of nitrogens with one attached hydrogen (secondary N) is 2. The first kappa shape index (κ1) is 20.5. The van der Waals surface area contributed by atoms with Gasteiger partial charge < -0.3 is 10.1 Å². The second-order valence-electron chi connectivity index (χ2n) is 7.22. The molecular weight excluding hydrogens is 380 g/mol. The van der Waals surface area contributed by atoms with Gasteiger partial charge in [-0.25, -0.2) is 8.42 Å². The Balaban J connectivity index is 1.58. The maximum atomic E-state index is 12.6.